The Balaban J connectivity index is 2.10. The van der Waals surface area contributed by atoms with E-state index in [4.69, 9.17) is 15.3 Å². The summed E-state index contributed by atoms with van der Waals surface area (Å²) in [7, 11) is 3.27. The van der Waals surface area contributed by atoms with Crippen molar-refractivity contribution in [3.63, 3.8) is 0 Å². The van der Waals surface area contributed by atoms with E-state index in [9.17, 15) is 0 Å². The average molecular weight is 292 g/mol. The Kier molecular flexibility index (Phi) is 5.40. The maximum absolute atomic E-state index is 5.69. The molecule has 1 unspecified atom stereocenters. The molecule has 1 aromatic carbocycles. The molecule has 2 rings (SSSR count). The van der Waals surface area contributed by atoms with Gasteiger partial charge in [-0.1, -0.05) is 6.07 Å². The third-order valence-corrected chi connectivity index (χ3v) is 4.04. The average Bonchev–Trinajstić information content (AvgIpc) is 3.01. The predicted octanol–water partition coefficient (Wildman–Crippen LogP) is 2.90. The molecule has 1 aromatic heterocycles. The normalized spacial score (nSPS) is 12.2. The largest absolute Gasteiger partial charge is 0.493 e. The molecule has 0 aliphatic heterocycles. The molecule has 20 heavy (non-hydrogen) atoms. The number of hydrogen-bond acceptors (Lipinski definition) is 5. The first kappa shape index (κ1) is 14.8. The SMILES string of the molecule is COc1ccc(C(CCc2ccsc2)NN)cc1OC. The van der Waals surface area contributed by atoms with E-state index in [0.717, 1.165) is 29.9 Å². The van der Waals surface area contributed by atoms with Crippen LogP contribution >= 0.6 is 11.3 Å². The van der Waals surface area contributed by atoms with Crippen LogP contribution in [0, 0.1) is 0 Å². The Morgan fingerprint density at radius 2 is 2.00 bits per heavy atom. The second-order valence-corrected chi connectivity index (χ2v) is 5.28. The van der Waals surface area contributed by atoms with Crippen molar-refractivity contribution in [1.82, 2.24) is 5.43 Å². The summed E-state index contributed by atoms with van der Waals surface area (Å²) in [5, 5.41) is 4.26. The number of rotatable bonds is 7. The van der Waals surface area contributed by atoms with Gasteiger partial charge in [0.05, 0.1) is 14.2 Å². The van der Waals surface area contributed by atoms with Gasteiger partial charge in [0.2, 0.25) is 0 Å². The van der Waals surface area contributed by atoms with E-state index in [1.807, 2.05) is 18.2 Å². The lowest BCUT2D eigenvalue weighted by Crippen LogP contribution is -2.28. The van der Waals surface area contributed by atoms with Crippen molar-refractivity contribution in [2.75, 3.05) is 14.2 Å². The molecule has 0 spiro atoms. The van der Waals surface area contributed by atoms with Crippen LogP contribution in [0.25, 0.3) is 0 Å². The summed E-state index contributed by atoms with van der Waals surface area (Å²) < 4.78 is 10.6. The zero-order valence-corrected chi connectivity index (χ0v) is 12.6. The number of aryl methyl sites for hydroxylation is 1. The van der Waals surface area contributed by atoms with Crippen molar-refractivity contribution in [2.24, 2.45) is 5.84 Å². The number of thiophene rings is 1. The van der Waals surface area contributed by atoms with Gasteiger partial charge in [-0.25, -0.2) is 0 Å². The van der Waals surface area contributed by atoms with Crippen LogP contribution in [0.4, 0.5) is 0 Å². The number of nitrogens with one attached hydrogen (secondary N) is 1. The summed E-state index contributed by atoms with van der Waals surface area (Å²) in [6.07, 6.45) is 1.93. The zero-order chi connectivity index (χ0) is 14.4. The Morgan fingerprint density at radius 3 is 2.60 bits per heavy atom. The molecule has 0 amide bonds. The monoisotopic (exact) mass is 292 g/mol. The van der Waals surface area contributed by atoms with E-state index in [1.165, 1.54) is 5.56 Å². The van der Waals surface area contributed by atoms with Gasteiger partial charge in [0.15, 0.2) is 11.5 Å². The number of methoxy groups -OCH3 is 2. The summed E-state index contributed by atoms with van der Waals surface area (Å²) >= 11 is 1.72. The molecule has 1 heterocycles. The Labute approximate surface area is 123 Å². The fourth-order valence-electron chi connectivity index (χ4n) is 2.16. The molecule has 0 aliphatic carbocycles. The van der Waals surface area contributed by atoms with Gasteiger partial charge in [0.25, 0.3) is 0 Å². The van der Waals surface area contributed by atoms with Gasteiger partial charge >= 0.3 is 0 Å². The van der Waals surface area contributed by atoms with E-state index < -0.39 is 0 Å². The maximum atomic E-state index is 5.69. The van der Waals surface area contributed by atoms with Gasteiger partial charge < -0.3 is 9.47 Å². The first-order valence-corrected chi connectivity index (χ1v) is 7.42. The van der Waals surface area contributed by atoms with Gasteiger partial charge in [-0.05, 0) is 52.9 Å². The summed E-state index contributed by atoms with van der Waals surface area (Å²) in [5.74, 6) is 7.14. The summed E-state index contributed by atoms with van der Waals surface area (Å²) in [5.41, 5.74) is 5.32. The molecule has 0 bridgehead atoms. The van der Waals surface area contributed by atoms with Crippen molar-refractivity contribution < 1.29 is 9.47 Å². The highest BCUT2D eigenvalue weighted by atomic mass is 32.1. The smallest absolute Gasteiger partial charge is 0.161 e. The molecule has 0 radical (unpaired) electrons. The predicted molar refractivity (Wildman–Crippen MR) is 82.3 cm³/mol. The van der Waals surface area contributed by atoms with Crippen LogP contribution in [-0.4, -0.2) is 14.2 Å². The van der Waals surface area contributed by atoms with Gasteiger partial charge in [-0.2, -0.15) is 11.3 Å². The summed E-state index contributed by atoms with van der Waals surface area (Å²) in [6.45, 7) is 0. The minimum absolute atomic E-state index is 0.0923. The van der Waals surface area contributed by atoms with Crippen LogP contribution in [0.15, 0.2) is 35.0 Å². The molecule has 2 aromatic rings. The lowest BCUT2D eigenvalue weighted by Gasteiger charge is -2.18. The Bertz CT molecular complexity index is 529. The van der Waals surface area contributed by atoms with Crippen molar-refractivity contribution in [1.29, 1.82) is 0 Å². The number of hydrazine groups is 1. The first-order valence-electron chi connectivity index (χ1n) is 6.47. The fourth-order valence-corrected chi connectivity index (χ4v) is 2.86. The van der Waals surface area contributed by atoms with Gasteiger partial charge in [0, 0.05) is 6.04 Å². The second kappa shape index (κ2) is 7.28. The quantitative estimate of drug-likeness (QED) is 0.608. The van der Waals surface area contributed by atoms with E-state index in [2.05, 4.69) is 22.3 Å². The lowest BCUT2D eigenvalue weighted by atomic mass is 10.00. The van der Waals surface area contributed by atoms with E-state index >= 15 is 0 Å². The topological polar surface area (TPSA) is 56.5 Å². The third kappa shape index (κ3) is 3.50. The van der Waals surface area contributed by atoms with Crippen LogP contribution in [-0.2, 0) is 6.42 Å². The standard InChI is InChI=1S/C15H20N2O2S/c1-18-14-6-4-12(9-15(14)19-2)13(17-16)5-3-11-7-8-20-10-11/h4,6-10,13,17H,3,5,16H2,1-2H3. The molecule has 5 heteroatoms. The third-order valence-electron chi connectivity index (χ3n) is 3.31. The van der Waals surface area contributed by atoms with Gasteiger partial charge in [-0.3, -0.25) is 11.3 Å². The summed E-state index contributed by atoms with van der Waals surface area (Å²) in [4.78, 5) is 0. The van der Waals surface area contributed by atoms with E-state index in [0.29, 0.717) is 0 Å². The molecule has 3 N–H and O–H groups in total. The molecule has 0 aliphatic rings. The Hall–Kier alpha value is -1.56. The second-order valence-electron chi connectivity index (χ2n) is 4.50. The molecule has 0 fully saturated rings. The molecular formula is C15H20N2O2S. The van der Waals surface area contributed by atoms with Crippen molar-refractivity contribution >= 4 is 11.3 Å². The van der Waals surface area contributed by atoms with Gasteiger partial charge in [-0.15, -0.1) is 0 Å². The molecular weight excluding hydrogens is 272 g/mol. The molecule has 0 saturated carbocycles. The van der Waals surface area contributed by atoms with Crippen LogP contribution < -0.4 is 20.7 Å². The van der Waals surface area contributed by atoms with Crippen molar-refractivity contribution in [3.05, 3.63) is 46.2 Å². The first-order chi connectivity index (χ1) is 9.78. The fraction of sp³-hybridized carbons (Fsp3) is 0.333. The lowest BCUT2D eigenvalue weighted by molar-refractivity contribution is 0.353. The van der Waals surface area contributed by atoms with Crippen LogP contribution in [0.5, 0.6) is 11.5 Å². The van der Waals surface area contributed by atoms with Crippen molar-refractivity contribution in [2.45, 2.75) is 18.9 Å². The highest BCUT2D eigenvalue weighted by Gasteiger charge is 2.13. The summed E-state index contributed by atoms with van der Waals surface area (Å²) in [6, 6.07) is 8.13. The zero-order valence-electron chi connectivity index (χ0n) is 11.8. The number of hydrogen-bond donors (Lipinski definition) is 2. The maximum Gasteiger partial charge on any atom is 0.161 e. The minimum Gasteiger partial charge on any atom is -0.493 e. The minimum atomic E-state index is 0.0923. The molecule has 0 saturated heterocycles. The Morgan fingerprint density at radius 1 is 1.20 bits per heavy atom. The van der Waals surface area contributed by atoms with Gasteiger partial charge in [0.1, 0.15) is 0 Å². The van der Waals surface area contributed by atoms with E-state index in [-0.39, 0.29) is 6.04 Å². The van der Waals surface area contributed by atoms with E-state index in [1.54, 1.807) is 25.6 Å². The van der Waals surface area contributed by atoms with Crippen LogP contribution in [0.1, 0.15) is 23.6 Å². The number of ether oxygens (including phenoxy) is 2. The molecule has 4 nitrogen and oxygen atoms in total. The highest BCUT2D eigenvalue weighted by Crippen LogP contribution is 2.31. The van der Waals surface area contributed by atoms with Crippen LogP contribution in [0.2, 0.25) is 0 Å². The number of nitrogens with two attached hydrogens (primary N) is 1. The molecule has 108 valence electrons. The van der Waals surface area contributed by atoms with Crippen molar-refractivity contribution in [3.8, 4) is 11.5 Å². The number of benzene rings is 1. The molecule has 1 atom stereocenters. The van der Waals surface area contributed by atoms with Crippen LogP contribution in [0.3, 0.4) is 0 Å². The highest BCUT2D eigenvalue weighted by molar-refractivity contribution is 7.07.